The van der Waals surface area contributed by atoms with Crippen molar-refractivity contribution in [1.82, 2.24) is 0 Å². The van der Waals surface area contributed by atoms with Gasteiger partial charge in [-0.2, -0.15) is 0 Å². The van der Waals surface area contributed by atoms with E-state index in [1.165, 1.54) is 11.3 Å². The van der Waals surface area contributed by atoms with Crippen LogP contribution in [0.15, 0.2) is 60.7 Å². The highest BCUT2D eigenvalue weighted by Crippen LogP contribution is 2.55. The second-order valence-corrected chi connectivity index (χ2v) is 7.69. The third kappa shape index (κ3) is 1.68. The quantitative estimate of drug-likeness (QED) is 0.618. The van der Waals surface area contributed by atoms with Crippen molar-refractivity contribution >= 4 is 22.5 Å². The Hall–Kier alpha value is -2.94. The third-order valence-corrected chi connectivity index (χ3v) is 6.10. The van der Waals surface area contributed by atoms with Crippen molar-refractivity contribution in [2.75, 3.05) is 11.9 Å². The molecule has 3 nitrogen and oxygen atoms in total. The largest absolute Gasteiger partial charge is 0.507 e. The molecule has 1 unspecified atom stereocenters. The lowest BCUT2D eigenvalue weighted by atomic mass is 9.76. The van der Waals surface area contributed by atoms with Gasteiger partial charge < -0.3 is 14.7 Å². The van der Waals surface area contributed by atoms with E-state index in [1.807, 2.05) is 24.3 Å². The summed E-state index contributed by atoms with van der Waals surface area (Å²) in [6, 6.07) is 18.0. The second-order valence-electron chi connectivity index (χ2n) is 7.69. The maximum Gasteiger partial charge on any atom is 0.211 e. The number of fused-ring (bicyclic) bond motifs is 4. The zero-order chi connectivity index (χ0) is 18.1. The Labute approximate surface area is 153 Å². The van der Waals surface area contributed by atoms with Crippen molar-refractivity contribution < 1.29 is 9.84 Å². The van der Waals surface area contributed by atoms with Gasteiger partial charge >= 0.3 is 0 Å². The molecule has 3 heteroatoms. The van der Waals surface area contributed by atoms with E-state index in [9.17, 15) is 5.11 Å². The van der Waals surface area contributed by atoms with Crippen molar-refractivity contribution in [2.45, 2.75) is 25.0 Å². The van der Waals surface area contributed by atoms with Gasteiger partial charge in [-0.05, 0) is 49.8 Å². The number of benzene rings is 3. The summed E-state index contributed by atoms with van der Waals surface area (Å²) in [5.41, 5.74) is 2.66. The molecule has 5 rings (SSSR count). The van der Waals surface area contributed by atoms with E-state index in [0.29, 0.717) is 0 Å². The van der Waals surface area contributed by atoms with Crippen LogP contribution in [0, 0.1) is 0 Å². The van der Waals surface area contributed by atoms with E-state index in [4.69, 9.17) is 4.74 Å². The van der Waals surface area contributed by atoms with Gasteiger partial charge in [0.2, 0.25) is 5.72 Å². The molecule has 0 saturated carbocycles. The minimum absolute atomic E-state index is 0.231. The molecule has 1 N–H and O–H groups in total. The van der Waals surface area contributed by atoms with Gasteiger partial charge in [-0.1, -0.05) is 36.4 Å². The van der Waals surface area contributed by atoms with Crippen molar-refractivity contribution in [3.05, 3.63) is 71.8 Å². The molecule has 2 aliphatic heterocycles. The summed E-state index contributed by atoms with van der Waals surface area (Å²) >= 11 is 0. The number of phenolic OH excluding ortho intramolecular Hbond substituents is 1. The van der Waals surface area contributed by atoms with Gasteiger partial charge in [-0.3, -0.25) is 0 Å². The summed E-state index contributed by atoms with van der Waals surface area (Å²) in [6.07, 6.45) is 4.32. The Bertz CT molecular complexity index is 1080. The zero-order valence-electron chi connectivity index (χ0n) is 15.2. The number of phenols is 1. The van der Waals surface area contributed by atoms with Gasteiger partial charge in [-0.25, -0.2) is 0 Å². The smallest absolute Gasteiger partial charge is 0.211 e. The van der Waals surface area contributed by atoms with E-state index in [-0.39, 0.29) is 11.2 Å². The average molecular weight is 343 g/mol. The van der Waals surface area contributed by atoms with Crippen molar-refractivity contribution in [3.8, 4) is 11.5 Å². The molecular weight excluding hydrogens is 322 g/mol. The van der Waals surface area contributed by atoms with Crippen LogP contribution < -0.4 is 9.64 Å². The fourth-order valence-electron chi connectivity index (χ4n) is 4.57. The summed E-state index contributed by atoms with van der Waals surface area (Å²) in [5.74, 6) is 1.11. The van der Waals surface area contributed by atoms with E-state index in [2.05, 4.69) is 62.2 Å². The highest BCUT2D eigenvalue weighted by atomic mass is 16.5. The van der Waals surface area contributed by atoms with Crippen LogP contribution in [0.5, 0.6) is 11.5 Å². The van der Waals surface area contributed by atoms with E-state index >= 15 is 0 Å². The van der Waals surface area contributed by atoms with Crippen LogP contribution in [0.25, 0.3) is 16.8 Å². The molecule has 1 atom stereocenters. The maximum atomic E-state index is 10.2. The summed E-state index contributed by atoms with van der Waals surface area (Å²) in [5, 5.41) is 12.0. The Balaban J connectivity index is 1.76. The van der Waals surface area contributed by atoms with E-state index in [0.717, 1.165) is 22.1 Å². The topological polar surface area (TPSA) is 32.7 Å². The van der Waals surface area contributed by atoms with Crippen LogP contribution in [-0.4, -0.2) is 17.9 Å². The Morgan fingerprint density at radius 1 is 0.923 bits per heavy atom. The number of anilines is 1. The number of hydrogen-bond donors (Lipinski definition) is 1. The maximum absolute atomic E-state index is 10.2. The monoisotopic (exact) mass is 343 g/mol. The third-order valence-electron chi connectivity index (χ3n) is 6.10. The SMILES string of the molecule is CN1c2ccccc2C(C)(C)C12C=Cc1ccc3c(O)cccc3c1O2. The molecule has 0 aromatic heterocycles. The molecule has 3 aromatic rings. The molecule has 3 aromatic carbocycles. The number of rotatable bonds is 0. The van der Waals surface area contributed by atoms with Crippen LogP contribution >= 0.6 is 0 Å². The number of nitrogens with zero attached hydrogens (tertiary/aromatic N) is 1. The van der Waals surface area contributed by atoms with Crippen LogP contribution in [0.3, 0.4) is 0 Å². The minimum atomic E-state index is -0.608. The highest BCUT2D eigenvalue weighted by Gasteiger charge is 2.57. The summed E-state index contributed by atoms with van der Waals surface area (Å²) < 4.78 is 6.79. The lowest BCUT2D eigenvalue weighted by molar-refractivity contribution is 0.0598. The fraction of sp³-hybridized carbons (Fsp3) is 0.217. The molecular formula is C23H21NO2. The van der Waals surface area contributed by atoms with Gasteiger partial charge in [0.05, 0.1) is 5.41 Å². The second kappa shape index (κ2) is 4.82. The predicted octanol–water partition coefficient (Wildman–Crippen LogP) is 5.07. The number of ether oxygens (including phenoxy) is 1. The number of likely N-dealkylation sites (N-methyl/N-ethyl adjacent to an activating group) is 1. The first-order valence-electron chi connectivity index (χ1n) is 8.92. The minimum Gasteiger partial charge on any atom is -0.507 e. The first-order valence-corrected chi connectivity index (χ1v) is 8.92. The average Bonchev–Trinajstić information content (AvgIpc) is 2.81. The lowest BCUT2D eigenvalue weighted by Gasteiger charge is -2.46. The fourth-order valence-corrected chi connectivity index (χ4v) is 4.57. The van der Waals surface area contributed by atoms with Crippen molar-refractivity contribution in [2.24, 2.45) is 0 Å². The molecule has 0 fully saturated rings. The predicted molar refractivity (Wildman–Crippen MR) is 106 cm³/mol. The van der Waals surface area contributed by atoms with E-state index < -0.39 is 5.72 Å². The van der Waals surface area contributed by atoms with Crippen LogP contribution in [0.1, 0.15) is 25.0 Å². The molecule has 0 bridgehead atoms. The van der Waals surface area contributed by atoms with Crippen LogP contribution in [0.2, 0.25) is 0 Å². The Morgan fingerprint density at radius 2 is 1.73 bits per heavy atom. The standard InChI is InChI=1S/C23H21NO2/c1-22(2)18-8-4-5-9-19(18)24(3)23(22)14-13-15-11-12-16-17(21(15)26-23)7-6-10-20(16)25/h4-14,25H,1-3H3. The number of para-hydroxylation sites is 1. The highest BCUT2D eigenvalue weighted by molar-refractivity contribution is 5.96. The first-order chi connectivity index (χ1) is 12.5. The van der Waals surface area contributed by atoms with Gasteiger partial charge in [0, 0.05) is 29.1 Å². The molecule has 1 spiro atoms. The molecule has 2 heterocycles. The molecule has 0 aliphatic carbocycles. The Kier molecular flexibility index (Phi) is 2.84. The molecule has 0 amide bonds. The summed E-state index contributed by atoms with van der Waals surface area (Å²) in [7, 11) is 2.09. The number of aromatic hydroxyl groups is 1. The van der Waals surface area contributed by atoms with Crippen LogP contribution in [-0.2, 0) is 5.41 Å². The molecule has 130 valence electrons. The van der Waals surface area contributed by atoms with Gasteiger partial charge in [0.15, 0.2) is 0 Å². The normalized spacial score (nSPS) is 22.3. The van der Waals surface area contributed by atoms with Gasteiger partial charge in [0.25, 0.3) is 0 Å². The van der Waals surface area contributed by atoms with Crippen molar-refractivity contribution in [3.63, 3.8) is 0 Å². The van der Waals surface area contributed by atoms with Crippen molar-refractivity contribution in [1.29, 1.82) is 0 Å². The number of hydrogen-bond acceptors (Lipinski definition) is 3. The van der Waals surface area contributed by atoms with Gasteiger partial charge in [0.1, 0.15) is 11.5 Å². The molecule has 2 aliphatic rings. The Morgan fingerprint density at radius 3 is 2.54 bits per heavy atom. The summed E-state index contributed by atoms with van der Waals surface area (Å²) in [4.78, 5) is 2.23. The molecule has 26 heavy (non-hydrogen) atoms. The van der Waals surface area contributed by atoms with Gasteiger partial charge in [-0.15, -0.1) is 0 Å². The lowest BCUT2D eigenvalue weighted by Crippen LogP contribution is -2.58. The molecule has 0 saturated heterocycles. The molecule has 0 radical (unpaired) electrons. The zero-order valence-corrected chi connectivity index (χ0v) is 15.2. The first kappa shape index (κ1) is 15.3. The van der Waals surface area contributed by atoms with Crippen LogP contribution in [0.4, 0.5) is 5.69 Å². The van der Waals surface area contributed by atoms with E-state index in [1.54, 1.807) is 6.07 Å². The summed E-state index contributed by atoms with van der Waals surface area (Å²) in [6.45, 7) is 4.46.